The number of carbonyl (C=O) groups is 1. The number of halogens is 1. The van der Waals surface area contributed by atoms with E-state index in [4.69, 9.17) is 0 Å². The third-order valence-corrected chi connectivity index (χ3v) is 5.99. The van der Waals surface area contributed by atoms with Crippen LogP contribution in [0.5, 0.6) is 0 Å². The van der Waals surface area contributed by atoms with E-state index < -0.39 is 0 Å². The molecule has 144 valence electrons. The van der Waals surface area contributed by atoms with Crippen LogP contribution in [-0.2, 0) is 24.2 Å². The van der Waals surface area contributed by atoms with Crippen LogP contribution < -0.4 is 5.43 Å². The molecule has 1 amide bonds. The molecule has 1 heterocycles. The van der Waals surface area contributed by atoms with E-state index in [1.54, 1.807) is 0 Å². The van der Waals surface area contributed by atoms with Crippen LogP contribution >= 0.6 is 15.9 Å². The first-order valence-electron chi connectivity index (χ1n) is 9.81. The molecule has 5 heteroatoms. The van der Waals surface area contributed by atoms with Crippen LogP contribution in [0.3, 0.4) is 0 Å². The van der Waals surface area contributed by atoms with Crippen LogP contribution in [-0.4, -0.2) is 16.2 Å². The van der Waals surface area contributed by atoms with Crippen LogP contribution in [0.2, 0.25) is 0 Å². The summed E-state index contributed by atoms with van der Waals surface area (Å²) in [7, 11) is 0. The number of hydrogen-bond acceptors (Lipinski definition) is 2. The second kappa shape index (κ2) is 8.31. The number of fused-ring (bicyclic) bond motifs is 3. The molecule has 0 atom stereocenters. The summed E-state index contributed by atoms with van der Waals surface area (Å²) in [4.78, 5) is 12.4. The molecule has 1 aliphatic carbocycles. The monoisotopic (exact) mass is 437 g/mol. The number of nitrogens with one attached hydrogen (secondary N) is 1. The Morgan fingerprint density at radius 2 is 1.86 bits per heavy atom. The van der Waals surface area contributed by atoms with Gasteiger partial charge >= 0.3 is 0 Å². The summed E-state index contributed by atoms with van der Waals surface area (Å²) >= 11 is 3.43. The van der Waals surface area contributed by atoms with E-state index in [1.807, 2.05) is 31.2 Å². The van der Waals surface area contributed by atoms with Crippen molar-refractivity contribution in [2.45, 2.75) is 45.6 Å². The Bertz CT molecular complexity index is 1030. The van der Waals surface area contributed by atoms with Crippen molar-refractivity contribution in [2.24, 2.45) is 5.10 Å². The molecule has 3 aromatic rings. The van der Waals surface area contributed by atoms with E-state index in [9.17, 15) is 4.79 Å². The lowest BCUT2D eigenvalue weighted by Gasteiger charge is -2.15. The lowest BCUT2D eigenvalue weighted by molar-refractivity contribution is -0.121. The molecule has 4 rings (SSSR count). The van der Waals surface area contributed by atoms with Gasteiger partial charge in [-0.25, -0.2) is 5.43 Å². The van der Waals surface area contributed by atoms with E-state index in [0.29, 0.717) is 13.0 Å². The first kappa shape index (κ1) is 18.9. The normalized spacial score (nSPS) is 14.1. The topological polar surface area (TPSA) is 46.4 Å². The first-order chi connectivity index (χ1) is 13.6. The second-order valence-corrected chi connectivity index (χ2v) is 8.21. The van der Waals surface area contributed by atoms with Crippen molar-refractivity contribution < 1.29 is 4.79 Å². The van der Waals surface area contributed by atoms with E-state index in [1.165, 1.54) is 35.0 Å². The lowest BCUT2D eigenvalue weighted by Crippen LogP contribution is -2.21. The molecule has 1 aliphatic rings. The number of nitrogens with zero attached hydrogens (tertiary/aromatic N) is 2. The van der Waals surface area contributed by atoms with Gasteiger partial charge in [-0.05, 0) is 61.9 Å². The zero-order valence-corrected chi connectivity index (χ0v) is 17.6. The van der Waals surface area contributed by atoms with Crippen molar-refractivity contribution in [1.29, 1.82) is 0 Å². The second-order valence-electron chi connectivity index (χ2n) is 7.29. The van der Waals surface area contributed by atoms with Crippen molar-refractivity contribution in [3.05, 3.63) is 69.8 Å². The van der Waals surface area contributed by atoms with Gasteiger partial charge in [0.25, 0.3) is 0 Å². The number of amides is 1. The molecule has 0 radical (unpaired) electrons. The molecule has 0 fully saturated rings. The maximum Gasteiger partial charge on any atom is 0.241 e. The molecule has 0 unspecified atom stereocenters. The van der Waals surface area contributed by atoms with Crippen molar-refractivity contribution in [3.63, 3.8) is 0 Å². The van der Waals surface area contributed by atoms with E-state index in [2.05, 4.69) is 55.3 Å². The fourth-order valence-electron chi connectivity index (χ4n) is 4.01. The van der Waals surface area contributed by atoms with Crippen LogP contribution in [0, 0.1) is 0 Å². The largest absolute Gasteiger partial charge is 0.344 e. The highest BCUT2D eigenvalue weighted by Crippen LogP contribution is 2.32. The highest BCUT2D eigenvalue weighted by Gasteiger charge is 2.19. The van der Waals surface area contributed by atoms with Gasteiger partial charge in [0.15, 0.2) is 0 Å². The number of aryl methyl sites for hydroxylation is 2. The van der Waals surface area contributed by atoms with Gasteiger partial charge in [-0.3, -0.25) is 4.79 Å². The number of rotatable bonds is 5. The first-order valence-corrected chi connectivity index (χ1v) is 10.6. The molecule has 2 aromatic carbocycles. The Balaban J connectivity index is 1.45. The van der Waals surface area contributed by atoms with Crippen LogP contribution in [0.15, 0.2) is 58.1 Å². The zero-order valence-electron chi connectivity index (χ0n) is 16.0. The van der Waals surface area contributed by atoms with Crippen LogP contribution in [0.1, 0.15) is 43.0 Å². The van der Waals surface area contributed by atoms with Gasteiger partial charge in [0.05, 0.1) is 5.71 Å². The van der Waals surface area contributed by atoms with Crippen molar-refractivity contribution in [3.8, 4) is 0 Å². The van der Waals surface area contributed by atoms with E-state index in [-0.39, 0.29) is 5.91 Å². The molecule has 0 spiro atoms. The third kappa shape index (κ3) is 3.90. The Hall–Kier alpha value is -2.40. The Morgan fingerprint density at radius 1 is 1.11 bits per heavy atom. The molecule has 28 heavy (non-hydrogen) atoms. The summed E-state index contributed by atoms with van der Waals surface area (Å²) in [6.07, 6.45) is 5.15. The smallest absolute Gasteiger partial charge is 0.241 e. The fourth-order valence-corrected chi connectivity index (χ4v) is 4.28. The number of para-hydroxylation sites is 1. The molecule has 0 bridgehead atoms. The van der Waals surface area contributed by atoms with Gasteiger partial charge in [-0.1, -0.05) is 46.3 Å². The predicted molar refractivity (Wildman–Crippen MR) is 118 cm³/mol. The molecule has 0 aliphatic heterocycles. The SMILES string of the molecule is CC(=NNC(=O)CCn1c2c(c3ccccc31)CCCC2)c1ccc(Br)cc1. The average molecular weight is 438 g/mol. The van der Waals surface area contributed by atoms with Crippen molar-refractivity contribution in [1.82, 2.24) is 9.99 Å². The van der Waals surface area contributed by atoms with Crippen molar-refractivity contribution in [2.75, 3.05) is 0 Å². The minimum Gasteiger partial charge on any atom is -0.344 e. The standard InChI is InChI=1S/C23H24BrN3O/c1-16(17-10-12-18(24)13-11-17)25-26-23(28)14-15-27-21-8-4-2-6-19(21)20-7-3-5-9-22(20)27/h2,4,6,8,10-13H,3,5,7,9,14-15H2,1H3,(H,26,28). The molecule has 1 aromatic heterocycles. The lowest BCUT2D eigenvalue weighted by atomic mass is 9.95. The van der Waals surface area contributed by atoms with Crippen LogP contribution in [0.4, 0.5) is 0 Å². The highest BCUT2D eigenvalue weighted by molar-refractivity contribution is 9.10. The minimum atomic E-state index is -0.0567. The van der Waals surface area contributed by atoms with Gasteiger partial charge < -0.3 is 4.57 Å². The summed E-state index contributed by atoms with van der Waals surface area (Å²) in [5.74, 6) is -0.0567. The Labute approximate surface area is 173 Å². The Morgan fingerprint density at radius 3 is 2.68 bits per heavy atom. The average Bonchev–Trinajstić information content (AvgIpc) is 3.05. The van der Waals surface area contributed by atoms with Crippen LogP contribution in [0.25, 0.3) is 10.9 Å². The summed E-state index contributed by atoms with van der Waals surface area (Å²) < 4.78 is 3.37. The summed E-state index contributed by atoms with van der Waals surface area (Å²) in [5, 5.41) is 5.62. The van der Waals surface area contributed by atoms with Gasteiger partial charge in [0.2, 0.25) is 5.91 Å². The molecule has 1 N–H and O–H groups in total. The molecular formula is C23H24BrN3O. The summed E-state index contributed by atoms with van der Waals surface area (Å²) in [6, 6.07) is 16.5. The van der Waals surface area contributed by atoms with E-state index >= 15 is 0 Å². The fraction of sp³-hybridized carbons (Fsp3) is 0.304. The zero-order chi connectivity index (χ0) is 19.5. The summed E-state index contributed by atoms with van der Waals surface area (Å²) in [6.45, 7) is 2.59. The Kier molecular flexibility index (Phi) is 5.62. The highest BCUT2D eigenvalue weighted by atomic mass is 79.9. The third-order valence-electron chi connectivity index (χ3n) is 5.46. The number of carbonyl (C=O) groups excluding carboxylic acids is 1. The van der Waals surface area contributed by atoms with E-state index in [0.717, 1.165) is 28.6 Å². The quantitative estimate of drug-likeness (QED) is 0.431. The van der Waals surface area contributed by atoms with Crippen molar-refractivity contribution >= 4 is 38.5 Å². The summed E-state index contributed by atoms with van der Waals surface area (Å²) in [5.41, 5.74) is 8.64. The van der Waals surface area contributed by atoms with Gasteiger partial charge in [0, 0.05) is 34.0 Å². The molecule has 0 saturated heterocycles. The predicted octanol–water partition coefficient (Wildman–Crippen LogP) is 5.21. The number of hydrogen-bond donors (Lipinski definition) is 1. The van der Waals surface area contributed by atoms with Gasteiger partial charge in [-0.15, -0.1) is 0 Å². The molecule has 4 nitrogen and oxygen atoms in total. The number of benzene rings is 2. The molecular weight excluding hydrogens is 414 g/mol. The molecule has 0 saturated carbocycles. The van der Waals surface area contributed by atoms with Gasteiger partial charge in [0.1, 0.15) is 0 Å². The van der Waals surface area contributed by atoms with Gasteiger partial charge in [-0.2, -0.15) is 5.10 Å². The maximum absolute atomic E-state index is 12.4. The maximum atomic E-state index is 12.4. The number of aromatic nitrogens is 1. The minimum absolute atomic E-state index is 0.0567. The number of hydrazone groups is 1.